The Morgan fingerprint density at radius 1 is 1.13 bits per heavy atom. The van der Waals surface area contributed by atoms with Gasteiger partial charge in [0.2, 0.25) is 5.82 Å². The van der Waals surface area contributed by atoms with Crippen molar-refractivity contribution in [3.8, 4) is 11.5 Å². The topological polar surface area (TPSA) is 95.0 Å². The maximum absolute atomic E-state index is 13.6. The fraction of sp³-hybridized carbons (Fsp3) is 0.444. The summed E-state index contributed by atoms with van der Waals surface area (Å²) < 4.78 is 57.7. The van der Waals surface area contributed by atoms with Gasteiger partial charge >= 0.3 is 6.18 Å². The van der Waals surface area contributed by atoms with Crippen molar-refractivity contribution in [2.24, 2.45) is 0 Å². The summed E-state index contributed by atoms with van der Waals surface area (Å²) >= 11 is 0. The quantitative estimate of drug-likeness (QED) is 0.625. The number of alkyl halides is 3. The van der Waals surface area contributed by atoms with Crippen LogP contribution in [0.1, 0.15) is 29.2 Å². The fourth-order valence-electron chi connectivity index (χ4n) is 3.69. The van der Waals surface area contributed by atoms with Crippen molar-refractivity contribution in [1.82, 2.24) is 24.5 Å². The number of ether oxygens (including phenoxy) is 2. The largest absolute Gasteiger partial charge is 0.463 e. The molecule has 30 heavy (non-hydrogen) atoms. The molecule has 1 amide bonds. The van der Waals surface area contributed by atoms with Crippen molar-refractivity contribution < 1.29 is 31.9 Å². The lowest BCUT2D eigenvalue weighted by atomic mass is 10.0. The van der Waals surface area contributed by atoms with Crippen LogP contribution in [0.3, 0.4) is 0 Å². The zero-order valence-corrected chi connectivity index (χ0v) is 15.6. The van der Waals surface area contributed by atoms with Gasteiger partial charge in [0.05, 0.1) is 19.5 Å². The molecule has 2 aliphatic rings. The third-order valence-corrected chi connectivity index (χ3v) is 5.19. The van der Waals surface area contributed by atoms with Gasteiger partial charge in [-0.05, 0) is 18.2 Å². The predicted octanol–water partition coefficient (Wildman–Crippen LogP) is 2.38. The summed E-state index contributed by atoms with van der Waals surface area (Å²) in [7, 11) is 0. The zero-order chi connectivity index (χ0) is 20.9. The molecule has 12 heteroatoms. The molecular weight excluding hydrogens is 407 g/mol. The highest BCUT2D eigenvalue weighted by atomic mass is 19.4. The minimum absolute atomic E-state index is 0.0540. The van der Waals surface area contributed by atoms with Gasteiger partial charge in [-0.25, -0.2) is 4.98 Å². The van der Waals surface area contributed by atoms with Crippen molar-refractivity contribution >= 4 is 11.7 Å². The van der Waals surface area contributed by atoms with E-state index < -0.39 is 23.6 Å². The molecule has 0 unspecified atom stereocenters. The van der Waals surface area contributed by atoms with Crippen LogP contribution in [0.4, 0.5) is 13.2 Å². The standard InChI is InChI=1S/C18H16F3N5O4/c19-18(20,21)13-10-11(12-2-1-7-28-12)22-16-23-14(24-26(13)16)15(27)25-5-3-17(4-6-25)29-8-9-30-17/h1-2,7,10H,3-6,8-9H2. The Morgan fingerprint density at radius 2 is 1.87 bits per heavy atom. The van der Waals surface area contributed by atoms with Gasteiger partial charge in [-0.15, -0.1) is 5.10 Å². The number of hydrogen-bond donors (Lipinski definition) is 0. The third kappa shape index (κ3) is 3.21. The van der Waals surface area contributed by atoms with Gasteiger partial charge in [-0.1, -0.05) is 0 Å². The molecule has 3 aromatic heterocycles. The number of nitrogens with zero attached hydrogens (tertiary/aromatic N) is 5. The minimum atomic E-state index is -4.73. The van der Waals surface area contributed by atoms with E-state index >= 15 is 0 Å². The Hall–Kier alpha value is -2.99. The number of fused-ring (bicyclic) bond motifs is 1. The van der Waals surface area contributed by atoms with Gasteiger partial charge in [0.25, 0.3) is 11.7 Å². The molecule has 0 atom stereocenters. The molecule has 0 aromatic carbocycles. The van der Waals surface area contributed by atoms with Crippen LogP contribution >= 0.6 is 0 Å². The summed E-state index contributed by atoms with van der Waals surface area (Å²) in [6.07, 6.45) is -2.46. The van der Waals surface area contributed by atoms with E-state index in [1.807, 2.05) is 0 Å². The van der Waals surface area contributed by atoms with Crippen LogP contribution in [0, 0.1) is 0 Å². The number of halogens is 3. The molecule has 9 nitrogen and oxygen atoms in total. The van der Waals surface area contributed by atoms with Crippen molar-refractivity contribution in [3.05, 3.63) is 36.0 Å². The second-order valence-corrected chi connectivity index (χ2v) is 7.05. The summed E-state index contributed by atoms with van der Waals surface area (Å²) in [5.41, 5.74) is -1.16. The molecular formula is C18H16F3N5O4. The number of carbonyl (C=O) groups is 1. The minimum Gasteiger partial charge on any atom is -0.463 e. The molecule has 0 radical (unpaired) electrons. The van der Waals surface area contributed by atoms with E-state index in [1.165, 1.54) is 23.3 Å². The van der Waals surface area contributed by atoms with Crippen molar-refractivity contribution in [2.75, 3.05) is 26.3 Å². The summed E-state index contributed by atoms with van der Waals surface area (Å²) in [6.45, 7) is 1.66. The van der Waals surface area contributed by atoms with Crippen LogP contribution in [-0.2, 0) is 15.7 Å². The Balaban J connectivity index is 1.47. The summed E-state index contributed by atoms with van der Waals surface area (Å²) in [5.74, 6) is -1.78. The van der Waals surface area contributed by atoms with E-state index in [1.54, 1.807) is 0 Å². The Kier molecular flexibility index (Phi) is 4.29. The molecule has 2 fully saturated rings. The molecule has 1 spiro atoms. The highest BCUT2D eigenvalue weighted by Gasteiger charge is 2.42. The SMILES string of the molecule is O=C(c1nc2nc(-c3ccco3)cc(C(F)(F)F)n2n1)N1CCC2(CC1)OCCO2. The van der Waals surface area contributed by atoms with Crippen molar-refractivity contribution in [2.45, 2.75) is 24.8 Å². The smallest absolute Gasteiger partial charge is 0.433 e. The van der Waals surface area contributed by atoms with Gasteiger partial charge in [0.1, 0.15) is 5.69 Å². The zero-order valence-electron chi connectivity index (χ0n) is 15.6. The average Bonchev–Trinajstić information content (AvgIpc) is 3.47. The van der Waals surface area contributed by atoms with Crippen molar-refractivity contribution in [3.63, 3.8) is 0 Å². The highest BCUT2D eigenvalue weighted by Crippen LogP contribution is 2.33. The molecule has 2 saturated heterocycles. The van der Waals surface area contributed by atoms with Gasteiger partial charge in [0, 0.05) is 25.9 Å². The summed E-state index contributed by atoms with van der Waals surface area (Å²) in [5, 5.41) is 3.80. The van der Waals surface area contributed by atoms with Crippen molar-refractivity contribution in [1.29, 1.82) is 0 Å². The molecule has 5 heterocycles. The lowest BCUT2D eigenvalue weighted by Crippen LogP contribution is -2.47. The number of furan rings is 1. The summed E-state index contributed by atoms with van der Waals surface area (Å²) in [4.78, 5) is 22.4. The normalized spacial score (nSPS) is 19.1. The summed E-state index contributed by atoms with van der Waals surface area (Å²) in [6, 6.07) is 3.83. The molecule has 0 aliphatic carbocycles. The first kappa shape index (κ1) is 19.0. The Bertz CT molecular complexity index is 1080. The van der Waals surface area contributed by atoms with Gasteiger partial charge < -0.3 is 18.8 Å². The van der Waals surface area contributed by atoms with Crippen LogP contribution < -0.4 is 0 Å². The molecule has 0 bridgehead atoms. The number of carbonyl (C=O) groups excluding carboxylic acids is 1. The van der Waals surface area contributed by atoms with Gasteiger partial charge in [0.15, 0.2) is 17.2 Å². The van der Waals surface area contributed by atoms with E-state index in [0.717, 1.165) is 6.07 Å². The molecule has 0 N–H and O–H groups in total. The predicted molar refractivity (Wildman–Crippen MR) is 93.3 cm³/mol. The lowest BCUT2D eigenvalue weighted by Gasteiger charge is -2.37. The molecule has 3 aromatic rings. The number of likely N-dealkylation sites (tertiary alicyclic amines) is 1. The first-order valence-corrected chi connectivity index (χ1v) is 9.31. The molecule has 2 aliphatic heterocycles. The van der Waals surface area contributed by atoms with Gasteiger partial charge in [-0.3, -0.25) is 4.79 Å². The molecule has 158 valence electrons. The third-order valence-electron chi connectivity index (χ3n) is 5.19. The van der Waals surface area contributed by atoms with E-state index in [2.05, 4.69) is 15.1 Å². The number of aromatic nitrogens is 4. The Labute approximate surface area is 167 Å². The first-order valence-electron chi connectivity index (χ1n) is 9.31. The second-order valence-electron chi connectivity index (χ2n) is 7.05. The van der Waals surface area contributed by atoms with Crippen LogP contribution in [0.15, 0.2) is 28.9 Å². The molecule has 5 rings (SSSR count). The highest BCUT2D eigenvalue weighted by molar-refractivity contribution is 5.91. The van der Waals surface area contributed by atoms with Crippen LogP contribution in [0.2, 0.25) is 0 Å². The van der Waals surface area contributed by atoms with E-state index in [9.17, 15) is 18.0 Å². The van der Waals surface area contributed by atoms with Crippen LogP contribution in [0.5, 0.6) is 0 Å². The maximum atomic E-state index is 13.6. The second kappa shape index (κ2) is 6.77. The Morgan fingerprint density at radius 3 is 2.50 bits per heavy atom. The number of hydrogen-bond acceptors (Lipinski definition) is 7. The lowest BCUT2D eigenvalue weighted by molar-refractivity contribution is -0.181. The monoisotopic (exact) mass is 423 g/mol. The average molecular weight is 423 g/mol. The number of rotatable bonds is 2. The first-order chi connectivity index (χ1) is 14.3. The van der Waals surface area contributed by atoms with Crippen LogP contribution in [0.25, 0.3) is 17.2 Å². The van der Waals surface area contributed by atoms with E-state index in [4.69, 9.17) is 13.9 Å². The number of piperidine rings is 1. The maximum Gasteiger partial charge on any atom is 0.433 e. The van der Waals surface area contributed by atoms with Crippen LogP contribution in [-0.4, -0.2) is 62.5 Å². The van der Waals surface area contributed by atoms with E-state index in [-0.39, 0.29) is 23.1 Å². The molecule has 0 saturated carbocycles. The van der Waals surface area contributed by atoms with E-state index in [0.29, 0.717) is 43.7 Å². The van der Waals surface area contributed by atoms with Gasteiger partial charge in [-0.2, -0.15) is 22.7 Å². The number of amides is 1. The fourth-order valence-corrected chi connectivity index (χ4v) is 3.69.